The first kappa shape index (κ1) is 17.9. The van der Waals surface area contributed by atoms with Gasteiger partial charge in [-0.1, -0.05) is 12.1 Å². The van der Waals surface area contributed by atoms with Crippen LogP contribution in [0.15, 0.2) is 29.0 Å². The number of hydrogen-bond acceptors (Lipinski definition) is 7. The van der Waals surface area contributed by atoms with Crippen LogP contribution in [0, 0.1) is 0 Å². The maximum Gasteiger partial charge on any atom is 0.276 e. The first-order chi connectivity index (χ1) is 13.1. The molecule has 0 bridgehead atoms. The van der Waals surface area contributed by atoms with E-state index in [1.807, 2.05) is 17.9 Å². The molecule has 1 N–H and O–H groups in total. The van der Waals surface area contributed by atoms with Crippen molar-refractivity contribution in [3.8, 4) is 0 Å². The summed E-state index contributed by atoms with van der Waals surface area (Å²) in [5.74, 6) is 1.33. The largest absolute Gasteiger partial charge is 0.361 e. The van der Waals surface area contributed by atoms with Crippen LogP contribution >= 0.6 is 0 Å². The number of nitrogens with zero attached hydrogens (tertiary/aromatic N) is 5. The Balaban J connectivity index is 1.54. The Morgan fingerprint density at radius 1 is 1.37 bits per heavy atom. The van der Waals surface area contributed by atoms with E-state index in [0.717, 1.165) is 44.5 Å². The minimum absolute atomic E-state index is 0.0486. The zero-order valence-electron chi connectivity index (χ0n) is 15.9. The van der Waals surface area contributed by atoms with E-state index in [-0.39, 0.29) is 17.5 Å². The van der Waals surface area contributed by atoms with Gasteiger partial charge in [-0.2, -0.15) is 0 Å². The van der Waals surface area contributed by atoms with Gasteiger partial charge >= 0.3 is 0 Å². The first-order valence-corrected chi connectivity index (χ1v) is 9.62. The van der Waals surface area contributed by atoms with E-state index in [0.29, 0.717) is 18.2 Å². The molecule has 2 saturated heterocycles. The van der Waals surface area contributed by atoms with Gasteiger partial charge in [-0.3, -0.25) is 9.69 Å². The smallest absolute Gasteiger partial charge is 0.276 e. The van der Waals surface area contributed by atoms with Crippen molar-refractivity contribution in [1.82, 2.24) is 24.9 Å². The lowest BCUT2D eigenvalue weighted by atomic mass is 9.82. The number of rotatable bonds is 4. The third kappa shape index (κ3) is 3.29. The van der Waals surface area contributed by atoms with Crippen LogP contribution in [0.3, 0.4) is 0 Å². The molecule has 2 unspecified atom stereocenters. The van der Waals surface area contributed by atoms with Crippen molar-refractivity contribution < 1.29 is 9.32 Å². The van der Waals surface area contributed by atoms with Crippen molar-refractivity contribution in [2.24, 2.45) is 0 Å². The Bertz CT molecular complexity index is 795. The molecule has 27 heavy (non-hydrogen) atoms. The Morgan fingerprint density at radius 3 is 2.93 bits per heavy atom. The van der Waals surface area contributed by atoms with Crippen molar-refractivity contribution in [3.05, 3.63) is 36.0 Å². The van der Waals surface area contributed by atoms with E-state index >= 15 is 0 Å². The number of piperidine rings is 1. The highest BCUT2D eigenvalue weighted by molar-refractivity contribution is 5.92. The van der Waals surface area contributed by atoms with Gasteiger partial charge in [0.05, 0.1) is 11.6 Å². The number of hydrogen-bond donors (Lipinski definition) is 1. The summed E-state index contributed by atoms with van der Waals surface area (Å²) in [6.45, 7) is 4.38. The minimum Gasteiger partial charge on any atom is -0.361 e. The summed E-state index contributed by atoms with van der Waals surface area (Å²) in [4.78, 5) is 25.9. The molecular formula is C19H26N6O2. The molecule has 144 valence electrons. The van der Waals surface area contributed by atoms with Gasteiger partial charge in [-0.15, -0.1) is 0 Å². The molecular weight excluding hydrogens is 344 g/mol. The topological polar surface area (TPSA) is 87.4 Å². The molecule has 4 rings (SSSR count). The fourth-order valence-corrected chi connectivity index (χ4v) is 4.39. The van der Waals surface area contributed by atoms with Crippen molar-refractivity contribution in [1.29, 1.82) is 0 Å². The molecule has 2 aromatic rings. The van der Waals surface area contributed by atoms with E-state index in [4.69, 9.17) is 4.52 Å². The second-order valence-electron chi connectivity index (χ2n) is 7.45. The molecule has 2 aliphatic rings. The number of aromatic nitrogens is 3. The van der Waals surface area contributed by atoms with Gasteiger partial charge in [-0.05, 0) is 32.4 Å². The van der Waals surface area contributed by atoms with Gasteiger partial charge < -0.3 is 14.7 Å². The zero-order chi connectivity index (χ0) is 18.9. The monoisotopic (exact) mass is 370 g/mol. The predicted molar refractivity (Wildman–Crippen MR) is 100 cm³/mol. The molecule has 2 aliphatic heterocycles. The Hall–Kier alpha value is -2.48. The quantitative estimate of drug-likeness (QED) is 0.878. The van der Waals surface area contributed by atoms with Crippen LogP contribution < -0.4 is 5.32 Å². The fourth-order valence-electron chi connectivity index (χ4n) is 4.39. The molecule has 2 fully saturated rings. The van der Waals surface area contributed by atoms with Crippen LogP contribution in [-0.2, 0) is 6.42 Å². The SMILES string of the molecule is CCc1cc(C(=O)N2CCCC3(C2)C(Nc2ncccn2)CCN3C)no1. The number of carbonyl (C=O) groups is 1. The van der Waals surface area contributed by atoms with Gasteiger partial charge in [0.25, 0.3) is 5.91 Å². The molecule has 0 saturated carbocycles. The number of likely N-dealkylation sites (tertiary alicyclic amines) is 2. The van der Waals surface area contributed by atoms with Crippen molar-refractivity contribution >= 4 is 11.9 Å². The van der Waals surface area contributed by atoms with E-state index in [9.17, 15) is 4.79 Å². The highest BCUT2D eigenvalue weighted by Gasteiger charge is 2.50. The van der Waals surface area contributed by atoms with Crippen molar-refractivity contribution in [2.75, 3.05) is 32.0 Å². The maximum atomic E-state index is 13.0. The van der Waals surface area contributed by atoms with E-state index in [1.54, 1.807) is 18.5 Å². The minimum atomic E-state index is -0.121. The van der Waals surface area contributed by atoms with Gasteiger partial charge in [-0.25, -0.2) is 9.97 Å². The summed E-state index contributed by atoms with van der Waals surface area (Å²) in [5, 5.41) is 7.48. The average molecular weight is 370 g/mol. The summed E-state index contributed by atoms with van der Waals surface area (Å²) in [6.07, 6.45) is 7.22. The molecule has 4 heterocycles. The molecule has 8 heteroatoms. The Morgan fingerprint density at radius 2 is 2.19 bits per heavy atom. The van der Waals surface area contributed by atoms with E-state index in [1.165, 1.54) is 0 Å². The normalized spacial score (nSPS) is 25.9. The number of carbonyl (C=O) groups excluding carboxylic acids is 1. The summed E-state index contributed by atoms with van der Waals surface area (Å²) in [5.41, 5.74) is 0.283. The Labute approximate surface area is 158 Å². The van der Waals surface area contributed by atoms with Gasteiger partial charge in [0.1, 0.15) is 5.76 Å². The molecule has 2 aromatic heterocycles. The molecule has 0 radical (unpaired) electrons. The fraction of sp³-hybridized carbons (Fsp3) is 0.579. The predicted octanol–water partition coefficient (Wildman–Crippen LogP) is 1.82. The van der Waals surface area contributed by atoms with Crippen molar-refractivity contribution in [2.45, 2.75) is 44.2 Å². The molecule has 0 aliphatic carbocycles. The number of nitrogens with one attached hydrogen (secondary N) is 1. The third-order valence-corrected chi connectivity index (χ3v) is 5.95. The zero-order valence-corrected chi connectivity index (χ0v) is 15.9. The second kappa shape index (κ2) is 7.26. The van der Waals surface area contributed by atoms with Crippen LogP contribution in [0.25, 0.3) is 0 Å². The lowest BCUT2D eigenvalue weighted by molar-refractivity contribution is 0.0375. The van der Waals surface area contributed by atoms with E-state index in [2.05, 4.69) is 32.4 Å². The molecule has 8 nitrogen and oxygen atoms in total. The number of amides is 1. The Kier molecular flexibility index (Phi) is 4.82. The van der Waals surface area contributed by atoms with Crippen LogP contribution in [0.1, 0.15) is 42.4 Å². The summed E-state index contributed by atoms with van der Waals surface area (Å²) in [7, 11) is 2.15. The molecule has 1 amide bonds. The maximum absolute atomic E-state index is 13.0. The highest BCUT2D eigenvalue weighted by Crippen LogP contribution is 2.38. The van der Waals surface area contributed by atoms with E-state index < -0.39 is 0 Å². The summed E-state index contributed by atoms with van der Waals surface area (Å²) in [6, 6.07) is 3.77. The van der Waals surface area contributed by atoms with Gasteiger partial charge in [0.15, 0.2) is 5.69 Å². The molecule has 0 aromatic carbocycles. The van der Waals surface area contributed by atoms with Crippen LogP contribution in [0.5, 0.6) is 0 Å². The van der Waals surface area contributed by atoms with Crippen LogP contribution in [-0.4, -0.2) is 69.1 Å². The third-order valence-electron chi connectivity index (χ3n) is 5.95. The standard InChI is InChI=1S/C19H26N6O2/c1-3-14-12-15(23-27-14)17(26)25-10-4-7-19(13-25)16(6-11-24(19)2)22-18-20-8-5-9-21-18/h5,8-9,12,16H,3-4,6-7,10-11,13H2,1-2H3,(H,20,21,22). The lowest BCUT2D eigenvalue weighted by Gasteiger charge is -2.47. The average Bonchev–Trinajstić information content (AvgIpc) is 3.30. The van der Waals surface area contributed by atoms with Crippen molar-refractivity contribution in [3.63, 3.8) is 0 Å². The summed E-state index contributed by atoms with van der Waals surface area (Å²) < 4.78 is 5.23. The highest BCUT2D eigenvalue weighted by atomic mass is 16.5. The van der Waals surface area contributed by atoms with Crippen LogP contribution in [0.2, 0.25) is 0 Å². The number of likely N-dealkylation sites (N-methyl/N-ethyl adjacent to an activating group) is 1. The first-order valence-electron chi connectivity index (χ1n) is 9.62. The van der Waals surface area contributed by atoms with Gasteiger partial charge in [0, 0.05) is 44.5 Å². The van der Waals surface area contributed by atoms with Gasteiger partial charge in [0.2, 0.25) is 5.95 Å². The second-order valence-corrected chi connectivity index (χ2v) is 7.45. The number of anilines is 1. The molecule has 2 atom stereocenters. The van der Waals surface area contributed by atoms with Crippen LogP contribution in [0.4, 0.5) is 5.95 Å². The molecule has 1 spiro atoms. The number of aryl methyl sites for hydroxylation is 1. The summed E-state index contributed by atoms with van der Waals surface area (Å²) >= 11 is 0. The lowest BCUT2D eigenvalue weighted by Crippen LogP contribution is -2.62.